The number of hydrogen-bond donors (Lipinski definition) is 6. The first kappa shape index (κ1) is 35.7. The summed E-state index contributed by atoms with van der Waals surface area (Å²) < 4.78 is 70.9. The Kier molecular flexibility index (Phi) is 12.0. The van der Waals surface area contributed by atoms with E-state index in [-0.39, 0.29) is 11.8 Å². The van der Waals surface area contributed by atoms with Gasteiger partial charge in [0.15, 0.2) is 0 Å². The fourth-order valence-corrected chi connectivity index (χ4v) is 4.70. The highest BCUT2D eigenvalue weighted by molar-refractivity contribution is 5.73. The van der Waals surface area contributed by atoms with E-state index in [0.717, 1.165) is 54.8 Å². The zero-order valence-electron chi connectivity index (χ0n) is 25.4. The summed E-state index contributed by atoms with van der Waals surface area (Å²) in [6, 6.07) is 20.0. The van der Waals surface area contributed by atoms with Gasteiger partial charge in [-0.3, -0.25) is 0 Å². The second kappa shape index (κ2) is 16.1. The predicted octanol–water partition coefficient (Wildman–Crippen LogP) is 6.33. The first-order valence-electron chi connectivity index (χ1n) is 14.8. The summed E-state index contributed by atoms with van der Waals surface area (Å²) in [5.74, 6) is -1.26. The molecule has 0 radical (unpaired) electrons. The Balaban J connectivity index is 0.000000671. The normalized spacial score (nSPS) is 13.6. The molecule has 1 aliphatic rings. The molecule has 3 aromatic carbocycles. The fourth-order valence-electron chi connectivity index (χ4n) is 4.70. The molecule has 256 valence electrons. The van der Waals surface area contributed by atoms with Crippen LogP contribution in [-0.2, 0) is 23.9 Å². The third-order valence-corrected chi connectivity index (χ3v) is 7.16. The lowest BCUT2D eigenvalue weighted by Gasteiger charge is -2.24. The molecule has 0 aliphatic carbocycles. The number of aromatic nitrogens is 3. The van der Waals surface area contributed by atoms with E-state index < -0.39 is 23.9 Å². The summed E-state index contributed by atoms with van der Waals surface area (Å²) in [4.78, 5) is 22.6. The van der Waals surface area contributed by atoms with Gasteiger partial charge in [0.2, 0.25) is 17.8 Å². The van der Waals surface area contributed by atoms with Crippen LogP contribution in [0.5, 0.6) is 5.75 Å². The SMILES string of the molecule is O=C(O)C(F)(F)F.Oc1ccc(CCNc2nc(NCc3ccccc3-c3ccc(C(F)(F)F)cc3)nc(NC3CCNCC3)n2)cc1. The maximum absolute atomic E-state index is 13.1. The van der Waals surface area contributed by atoms with E-state index in [2.05, 4.69) is 36.2 Å². The van der Waals surface area contributed by atoms with Gasteiger partial charge in [0.05, 0.1) is 5.56 Å². The van der Waals surface area contributed by atoms with Crippen molar-refractivity contribution >= 4 is 23.8 Å². The van der Waals surface area contributed by atoms with Crippen molar-refractivity contribution in [1.82, 2.24) is 20.3 Å². The minimum atomic E-state index is -5.08. The number of hydrogen-bond acceptors (Lipinski definition) is 9. The van der Waals surface area contributed by atoms with Crippen LogP contribution in [-0.4, -0.2) is 63.0 Å². The number of piperidine rings is 1. The number of carbonyl (C=O) groups is 1. The van der Waals surface area contributed by atoms with Crippen molar-refractivity contribution in [3.8, 4) is 16.9 Å². The van der Waals surface area contributed by atoms with Gasteiger partial charge in [-0.25, -0.2) is 4.79 Å². The summed E-state index contributed by atoms with van der Waals surface area (Å²) in [7, 11) is 0. The van der Waals surface area contributed by atoms with Crippen molar-refractivity contribution in [3.05, 3.63) is 89.5 Å². The van der Waals surface area contributed by atoms with Gasteiger partial charge in [-0.2, -0.15) is 41.3 Å². The van der Waals surface area contributed by atoms with Crippen LogP contribution < -0.4 is 21.3 Å². The highest BCUT2D eigenvalue weighted by Crippen LogP contribution is 2.32. The average molecular weight is 678 g/mol. The van der Waals surface area contributed by atoms with Crippen LogP contribution in [0.2, 0.25) is 0 Å². The van der Waals surface area contributed by atoms with Gasteiger partial charge in [-0.1, -0.05) is 48.5 Å². The van der Waals surface area contributed by atoms with Crippen molar-refractivity contribution in [2.75, 3.05) is 35.6 Å². The maximum Gasteiger partial charge on any atom is 0.490 e. The average Bonchev–Trinajstić information content (AvgIpc) is 3.05. The van der Waals surface area contributed by atoms with Crippen molar-refractivity contribution in [1.29, 1.82) is 0 Å². The number of anilines is 3. The lowest BCUT2D eigenvalue weighted by Crippen LogP contribution is -2.35. The molecule has 0 unspecified atom stereocenters. The number of aliphatic carboxylic acids is 1. The zero-order valence-corrected chi connectivity index (χ0v) is 25.4. The molecule has 0 saturated carbocycles. The number of phenolic OH excluding ortho intramolecular Hbond substituents is 1. The van der Waals surface area contributed by atoms with Crippen molar-refractivity contribution in [3.63, 3.8) is 0 Å². The first-order chi connectivity index (χ1) is 22.8. The van der Waals surface area contributed by atoms with Gasteiger partial charge in [-0.05, 0) is 78.9 Å². The van der Waals surface area contributed by atoms with Crippen LogP contribution in [0.15, 0.2) is 72.8 Å². The van der Waals surface area contributed by atoms with Crippen LogP contribution >= 0.6 is 0 Å². The molecular formula is C32H33F6N7O3. The Hall–Kier alpha value is -5.12. The Labute approximate surface area is 271 Å². The quantitative estimate of drug-likeness (QED) is 0.105. The van der Waals surface area contributed by atoms with Crippen LogP contribution in [0, 0.1) is 0 Å². The fraction of sp³-hybridized carbons (Fsp3) is 0.312. The molecule has 0 amide bonds. The van der Waals surface area contributed by atoms with Gasteiger partial charge in [0.1, 0.15) is 5.75 Å². The molecule has 1 aromatic heterocycles. The van der Waals surface area contributed by atoms with E-state index in [1.54, 1.807) is 12.1 Å². The Morgan fingerprint density at radius 3 is 2.00 bits per heavy atom. The highest BCUT2D eigenvalue weighted by atomic mass is 19.4. The molecule has 6 N–H and O–H groups in total. The highest BCUT2D eigenvalue weighted by Gasteiger charge is 2.38. The Bertz CT molecular complexity index is 1630. The molecule has 0 spiro atoms. The molecule has 1 aliphatic heterocycles. The molecule has 4 aromatic rings. The van der Waals surface area contributed by atoms with Gasteiger partial charge in [0.25, 0.3) is 0 Å². The number of nitrogens with one attached hydrogen (secondary N) is 4. The lowest BCUT2D eigenvalue weighted by atomic mass is 9.98. The molecule has 5 rings (SSSR count). The molecule has 2 heterocycles. The van der Waals surface area contributed by atoms with E-state index in [4.69, 9.17) is 9.90 Å². The largest absolute Gasteiger partial charge is 0.508 e. The molecule has 10 nitrogen and oxygen atoms in total. The number of carboxylic acids is 1. The maximum atomic E-state index is 13.1. The number of benzene rings is 3. The first-order valence-corrected chi connectivity index (χ1v) is 14.8. The lowest BCUT2D eigenvalue weighted by molar-refractivity contribution is -0.192. The standard InChI is InChI=1S/C30H32F3N7O.C2HF3O2/c31-30(32,33)23-9-7-21(8-10-23)26-4-2-1-3-22(26)19-36-28-38-27(35-18-13-20-5-11-25(41)12-6-20)39-29(40-28)37-24-14-16-34-17-15-24;3-2(4,5)1(6)7/h1-12,24,34,41H,13-19H2,(H3,35,36,37,38,39,40);(H,6,7). The monoisotopic (exact) mass is 677 g/mol. The minimum Gasteiger partial charge on any atom is -0.508 e. The number of alkyl halides is 6. The van der Waals surface area contributed by atoms with E-state index in [1.165, 1.54) is 12.1 Å². The number of carboxylic acid groups (broad SMARTS) is 1. The number of phenols is 1. The summed E-state index contributed by atoms with van der Waals surface area (Å²) in [6.45, 7) is 2.79. The van der Waals surface area contributed by atoms with E-state index in [0.29, 0.717) is 42.9 Å². The number of halogens is 6. The van der Waals surface area contributed by atoms with Crippen molar-refractivity contribution in [2.45, 2.75) is 44.2 Å². The summed E-state index contributed by atoms with van der Waals surface area (Å²) >= 11 is 0. The van der Waals surface area contributed by atoms with Crippen LogP contribution in [0.3, 0.4) is 0 Å². The van der Waals surface area contributed by atoms with Gasteiger partial charge >= 0.3 is 18.3 Å². The smallest absolute Gasteiger partial charge is 0.490 e. The molecule has 0 atom stereocenters. The Morgan fingerprint density at radius 1 is 0.812 bits per heavy atom. The second-order valence-corrected chi connectivity index (χ2v) is 10.7. The minimum absolute atomic E-state index is 0.225. The molecule has 0 bridgehead atoms. The summed E-state index contributed by atoms with van der Waals surface area (Å²) in [6.07, 6.45) is -6.84. The van der Waals surface area contributed by atoms with Crippen molar-refractivity contribution in [2.24, 2.45) is 0 Å². The van der Waals surface area contributed by atoms with Gasteiger partial charge < -0.3 is 31.5 Å². The van der Waals surface area contributed by atoms with Crippen LogP contribution in [0.1, 0.15) is 29.5 Å². The molecule has 1 fully saturated rings. The predicted molar refractivity (Wildman–Crippen MR) is 168 cm³/mol. The third-order valence-electron chi connectivity index (χ3n) is 7.16. The summed E-state index contributed by atoms with van der Waals surface area (Å²) in [5, 5.41) is 30.0. The molecular weight excluding hydrogens is 644 g/mol. The molecule has 48 heavy (non-hydrogen) atoms. The van der Waals surface area contributed by atoms with E-state index in [9.17, 15) is 31.4 Å². The summed E-state index contributed by atoms with van der Waals surface area (Å²) in [5.41, 5.74) is 2.79. The molecule has 16 heteroatoms. The van der Waals surface area contributed by atoms with Crippen LogP contribution in [0.4, 0.5) is 44.2 Å². The van der Waals surface area contributed by atoms with E-state index in [1.807, 2.05) is 36.4 Å². The van der Waals surface area contributed by atoms with Crippen molar-refractivity contribution < 1.29 is 41.4 Å². The van der Waals surface area contributed by atoms with Gasteiger partial charge in [-0.15, -0.1) is 0 Å². The zero-order chi connectivity index (χ0) is 34.7. The topological polar surface area (TPSA) is 144 Å². The van der Waals surface area contributed by atoms with E-state index >= 15 is 0 Å². The third kappa shape index (κ3) is 11.0. The molecule has 1 saturated heterocycles. The number of nitrogens with zero attached hydrogens (tertiary/aromatic N) is 3. The number of rotatable bonds is 10. The van der Waals surface area contributed by atoms with Gasteiger partial charge in [0, 0.05) is 19.1 Å². The van der Waals surface area contributed by atoms with Crippen LogP contribution in [0.25, 0.3) is 11.1 Å². The Morgan fingerprint density at radius 2 is 1.40 bits per heavy atom. The number of aromatic hydroxyl groups is 1. The second-order valence-electron chi connectivity index (χ2n) is 10.7.